The number of benzene rings is 2. The standard InChI is InChI=1S/C25H31ClO7/c1-2-25(12-31-13-25)14-32-18-6-3-15(4-7-18)9-17-10-16(5-8-19(17)26)24-23(30)22(29)21(28)20(11-27)33-24/h3-8,10,20-24,27-30H,2,9,11-14H2,1H3/t20-,21-,22+,23-,24+/m1/s1. The van der Waals surface area contributed by atoms with Crippen LogP contribution in [-0.2, 0) is 15.9 Å². The molecule has 0 bridgehead atoms. The molecule has 4 N–H and O–H groups in total. The van der Waals surface area contributed by atoms with Gasteiger partial charge in [-0.3, -0.25) is 0 Å². The third-order valence-corrected chi connectivity index (χ3v) is 7.09. The van der Waals surface area contributed by atoms with Gasteiger partial charge in [0, 0.05) is 5.02 Å². The highest BCUT2D eigenvalue weighted by Gasteiger charge is 2.44. The van der Waals surface area contributed by atoms with Crippen molar-refractivity contribution in [1.82, 2.24) is 0 Å². The molecule has 2 aromatic rings. The molecule has 0 radical (unpaired) electrons. The Balaban J connectivity index is 1.45. The van der Waals surface area contributed by atoms with Gasteiger partial charge in [0.05, 0.1) is 31.8 Å². The van der Waals surface area contributed by atoms with Crippen molar-refractivity contribution in [1.29, 1.82) is 0 Å². The molecule has 5 atom stereocenters. The molecule has 2 aliphatic heterocycles. The molecule has 2 saturated heterocycles. The summed E-state index contributed by atoms with van der Waals surface area (Å²) in [6, 6.07) is 13.1. The van der Waals surface area contributed by atoms with Gasteiger partial charge < -0.3 is 34.6 Å². The maximum Gasteiger partial charge on any atom is 0.119 e. The number of rotatable bonds is 8. The highest BCUT2D eigenvalue weighted by atomic mass is 35.5. The topological polar surface area (TPSA) is 109 Å². The minimum Gasteiger partial charge on any atom is -0.493 e. The van der Waals surface area contributed by atoms with Crippen molar-refractivity contribution in [3.8, 4) is 5.75 Å². The maximum atomic E-state index is 10.4. The molecule has 2 fully saturated rings. The van der Waals surface area contributed by atoms with Crippen molar-refractivity contribution < 1.29 is 34.6 Å². The van der Waals surface area contributed by atoms with E-state index in [2.05, 4.69) is 6.92 Å². The SMILES string of the molecule is CCC1(COc2ccc(Cc3cc([C@@H]4O[C@H](CO)[C@@H](O)[C@H](O)[C@H]4O)ccc3Cl)cc2)COC1. The average Bonchev–Trinajstić information content (AvgIpc) is 2.80. The molecule has 2 aliphatic rings. The van der Waals surface area contributed by atoms with Crippen molar-refractivity contribution in [3.63, 3.8) is 0 Å². The van der Waals surface area contributed by atoms with E-state index in [1.54, 1.807) is 12.1 Å². The molecule has 0 saturated carbocycles. The van der Waals surface area contributed by atoms with E-state index in [4.69, 9.17) is 25.8 Å². The second kappa shape index (κ2) is 10.3. The summed E-state index contributed by atoms with van der Waals surface area (Å²) in [6.45, 7) is 3.80. The molecule has 2 heterocycles. The van der Waals surface area contributed by atoms with Crippen molar-refractivity contribution >= 4 is 11.6 Å². The fourth-order valence-corrected chi connectivity index (χ4v) is 4.41. The van der Waals surface area contributed by atoms with Gasteiger partial charge in [0.2, 0.25) is 0 Å². The molecular formula is C25H31ClO7. The Morgan fingerprint density at radius 3 is 2.36 bits per heavy atom. The molecule has 0 amide bonds. The van der Waals surface area contributed by atoms with Gasteiger partial charge in [-0.15, -0.1) is 0 Å². The Kier molecular flexibility index (Phi) is 7.60. The summed E-state index contributed by atoms with van der Waals surface area (Å²) < 4.78 is 17.0. The zero-order valence-corrected chi connectivity index (χ0v) is 19.3. The second-order valence-corrected chi connectivity index (χ2v) is 9.46. The molecule has 180 valence electrons. The molecule has 0 spiro atoms. The zero-order chi connectivity index (χ0) is 23.6. The van der Waals surface area contributed by atoms with Gasteiger partial charge in [-0.25, -0.2) is 0 Å². The quantitative estimate of drug-likeness (QED) is 0.461. The van der Waals surface area contributed by atoms with Crippen molar-refractivity contribution in [2.75, 3.05) is 26.4 Å². The Hall–Kier alpha value is -1.71. The number of hydrogen-bond acceptors (Lipinski definition) is 7. The second-order valence-electron chi connectivity index (χ2n) is 9.06. The molecule has 0 unspecified atom stereocenters. The van der Waals surface area contributed by atoms with Crippen LogP contribution in [0.2, 0.25) is 5.02 Å². The molecule has 33 heavy (non-hydrogen) atoms. The Morgan fingerprint density at radius 2 is 1.76 bits per heavy atom. The number of halogens is 1. The first-order valence-electron chi connectivity index (χ1n) is 11.2. The Bertz CT molecular complexity index is 923. The Labute approximate surface area is 198 Å². The zero-order valence-electron chi connectivity index (χ0n) is 18.6. The van der Waals surface area contributed by atoms with E-state index in [0.717, 1.165) is 36.5 Å². The molecular weight excluding hydrogens is 448 g/mol. The third kappa shape index (κ3) is 5.20. The van der Waals surface area contributed by atoms with E-state index < -0.39 is 37.1 Å². The summed E-state index contributed by atoms with van der Waals surface area (Å²) in [6.07, 6.45) is -4.43. The van der Waals surface area contributed by atoms with E-state index in [1.807, 2.05) is 30.3 Å². The summed E-state index contributed by atoms with van der Waals surface area (Å²) in [7, 11) is 0. The fraction of sp³-hybridized carbons (Fsp3) is 0.520. The van der Waals surface area contributed by atoms with Gasteiger partial charge in [0.25, 0.3) is 0 Å². The Morgan fingerprint density at radius 1 is 1.03 bits per heavy atom. The van der Waals surface area contributed by atoms with Crippen LogP contribution >= 0.6 is 11.6 Å². The van der Waals surface area contributed by atoms with Crippen molar-refractivity contribution in [2.24, 2.45) is 5.41 Å². The van der Waals surface area contributed by atoms with E-state index in [-0.39, 0.29) is 5.41 Å². The van der Waals surface area contributed by atoms with Crippen LogP contribution in [0.25, 0.3) is 0 Å². The van der Waals surface area contributed by atoms with E-state index in [9.17, 15) is 20.4 Å². The largest absolute Gasteiger partial charge is 0.493 e. The monoisotopic (exact) mass is 478 g/mol. The molecule has 7 nitrogen and oxygen atoms in total. The van der Waals surface area contributed by atoms with Crippen LogP contribution < -0.4 is 4.74 Å². The smallest absolute Gasteiger partial charge is 0.119 e. The fourth-order valence-electron chi connectivity index (χ4n) is 4.22. The number of hydrogen-bond donors (Lipinski definition) is 4. The average molecular weight is 479 g/mol. The van der Waals surface area contributed by atoms with Crippen molar-refractivity contribution in [3.05, 3.63) is 64.2 Å². The summed E-state index contributed by atoms with van der Waals surface area (Å²) in [5.74, 6) is 0.805. The lowest BCUT2D eigenvalue weighted by Crippen LogP contribution is -2.55. The van der Waals surface area contributed by atoms with Gasteiger partial charge in [-0.1, -0.05) is 42.8 Å². The van der Waals surface area contributed by atoms with Crippen LogP contribution in [-0.4, -0.2) is 71.3 Å². The number of ether oxygens (including phenoxy) is 3. The van der Waals surface area contributed by atoms with Crippen LogP contribution in [0.15, 0.2) is 42.5 Å². The minimum absolute atomic E-state index is 0.122. The van der Waals surface area contributed by atoms with Gasteiger partial charge in [-0.05, 0) is 47.7 Å². The normalized spacial score (nSPS) is 28.8. The predicted molar refractivity (Wildman–Crippen MR) is 122 cm³/mol. The molecule has 0 aliphatic carbocycles. The first-order chi connectivity index (χ1) is 15.9. The van der Waals surface area contributed by atoms with Crippen LogP contribution in [0, 0.1) is 5.41 Å². The third-order valence-electron chi connectivity index (χ3n) is 6.72. The van der Waals surface area contributed by atoms with Crippen LogP contribution in [0.3, 0.4) is 0 Å². The lowest BCUT2D eigenvalue weighted by molar-refractivity contribution is -0.231. The van der Waals surface area contributed by atoms with E-state index in [0.29, 0.717) is 23.6 Å². The van der Waals surface area contributed by atoms with Gasteiger partial charge >= 0.3 is 0 Å². The highest BCUT2D eigenvalue weighted by Crippen LogP contribution is 2.35. The molecule has 8 heteroatoms. The van der Waals surface area contributed by atoms with Crippen molar-refractivity contribution in [2.45, 2.75) is 50.3 Å². The summed E-state index contributed by atoms with van der Waals surface area (Å²) in [5, 5.41) is 40.6. The number of aliphatic hydroxyl groups excluding tert-OH is 4. The van der Waals surface area contributed by atoms with Gasteiger partial charge in [0.15, 0.2) is 0 Å². The predicted octanol–water partition coefficient (Wildman–Crippen LogP) is 2.25. The van der Waals surface area contributed by atoms with Gasteiger partial charge in [-0.2, -0.15) is 0 Å². The summed E-state index contributed by atoms with van der Waals surface area (Å²) in [5.41, 5.74) is 2.60. The summed E-state index contributed by atoms with van der Waals surface area (Å²) in [4.78, 5) is 0. The van der Waals surface area contributed by atoms with Gasteiger partial charge in [0.1, 0.15) is 36.3 Å². The summed E-state index contributed by atoms with van der Waals surface area (Å²) >= 11 is 6.43. The molecule has 2 aromatic carbocycles. The molecule has 4 rings (SSSR count). The van der Waals surface area contributed by atoms with E-state index in [1.165, 1.54) is 0 Å². The number of aliphatic hydroxyl groups is 4. The van der Waals surface area contributed by atoms with Crippen LogP contribution in [0.5, 0.6) is 5.75 Å². The lowest BCUT2D eigenvalue weighted by atomic mass is 9.84. The van der Waals surface area contributed by atoms with Crippen LogP contribution in [0.4, 0.5) is 0 Å². The lowest BCUT2D eigenvalue weighted by Gasteiger charge is -2.40. The first kappa shape index (κ1) is 24.4. The maximum absolute atomic E-state index is 10.4. The highest BCUT2D eigenvalue weighted by molar-refractivity contribution is 6.31. The minimum atomic E-state index is -1.43. The molecule has 0 aromatic heterocycles. The first-order valence-corrected chi connectivity index (χ1v) is 11.6. The van der Waals surface area contributed by atoms with E-state index >= 15 is 0 Å². The van der Waals surface area contributed by atoms with Crippen LogP contribution in [0.1, 0.15) is 36.1 Å².